The van der Waals surface area contributed by atoms with E-state index in [1.165, 1.54) is 17.0 Å². The van der Waals surface area contributed by atoms with Gasteiger partial charge in [-0.3, -0.25) is 4.40 Å². The monoisotopic (exact) mass is 349 g/mol. The summed E-state index contributed by atoms with van der Waals surface area (Å²) in [6.07, 6.45) is 9.57. The second-order valence-electron chi connectivity index (χ2n) is 6.25. The molecule has 0 unspecified atom stereocenters. The molecular formula is C17H15N7S. The maximum atomic E-state index is 9.03. The van der Waals surface area contributed by atoms with Crippen LogP contribution >= 0.6 is 11.3 Å². The first kappa shape index (κ1) is 14.4. The van der Waals surface area contributed by atoms with Crippen molar-refractivity contribution >= 4 is 33.3 Å². The number of nitrogens with one attached hydrogen (secondary N) is 1. The van der Waals surface area contributed by atoms with E-state index in [-0.39, 0.29) is 0 Å². The zero-order chi connectivity index (χ0) is 16.8. The number of hydrogen-bond acceptors (Lipinski definition) is 6. The molecule has 0 bridgehead atoms. The first-order valence-corrected chi connectivity index (χ1v) is 9.05. The van der Waals surface area contributed by atoms with E-state index in [2.05, 4.69) is 35.3 Å². The van der Waals surface area contributed by atoms with Crippen LogP contribution in [0.15, 0.2) is 30.9 Å². The third kappa shape index (κ3) is 2.27. The second-order valence-corrected chi connectivity index (χ2v) is 7.26. The molecule has 1 N–H and O–H groups in total. The number of aromatic amines is 1. The summed E-state index contributed by atoms with van der Waals surface area (Å²) in [6.45, 7) is 1.87. The Balaban J connectivity index is 1.53. The zero-order valence-corrected chi connectivity index (χ0v) is 14.2. The third-order valence-electron chi connectivity index (χ3n) is 4.78. The van der Waals surface area contributed by atoms with E-state index in [4.69, 9.17) is 5.26 Å². The molecule has 1 aliphatic rings. The average Bonchev–Trinajstić information content (AvgIpc) is 3.38. The van der Waals surface area contributed by atoms with E-state index in [0.29, 0.717) is 10.8 Å². The van der Waals surface area contributed by atoms with Gasteiger partial charge in [-0.15, -0.1) is 0 Å². The molecular weight excluding hydrogens is 334 g/mol. The Morgan fingerprint density at radius 2 is 2.20 bits per heavy atom. The first-order chi connectivity index (χ1) is 12.3. The number of nitrogens with zero attached hydrogens (tertiary/aromatic N) is 6. The molecule has 4 aromatic rings. The van der Waals surface area contributed by atoms with Crippen LogP contribution in [0.4, 0.5) is 5.13 Å². The van der Waals surface area contributed by atoms with Crippen molar-refractivity contribution in [3.05, 3.63) is 41.4 Å². The van der Waals surface area contributed by atoms with Gasteiger partial charge in [-0.25, -0.2) is 15.0 Å². The number of thiazole rings is 1. The topological polar surface area (TPSA) is 85.9 Å². The minimum Gasteiger partial charge on any atom is -0.347 e. The van der Waals surface area contributed by atoms with Gasteiger partial charge < -0.3 is 9.88 Å². The van der Waals surface area contributed by atoms with Crippen LogP contribution in [0.3, 0.4) is 0 Å². The second kappa shape index (κ2) is 5.57. The largest absolute Gasteiger partial charge is 0.347 e. The summed E-state index contributed by atoms with van der Waals surface area (Å²) in [5.74, 6) is 0.374. The van der Waals surface area contributed by atoms with E-state index in [9.17, 15) is 0 Å². The SMILES string of the molecule is N#Cc1cnc(N2CCC[C@@H](c3cnc4cnc5[nH]ccc5n34)C2)s1. The highest BCUT2D eigenvalue weighted by molar-refractivity contribution is 7.16. The summed E-state index contributed by atoms with van der Waals surface area (Å²) in [6, 6.07) is 4.21. The van der Waals surface area contributed by atoms with Gasteiger partial charge in [0.25, 0.3) is 0 Å². The molecule has 0 spiro atoms. The molecule has 0 aliphatic carbocycles. The van der Waals surface area contributed by atoms with E-state index in [1.807, 2.05) is 24.7 Å². The smallest absolute Gasteiger partial charge is 0.186 e. The van der Waals surface area contributed by atoms with E-state index in [0.717, 1.165) is 47.9 Å². The number of piperidine rings is 1. The summed E-state index contributed by atoms with van der Waals surface area (Å²) in [4.78, 5) is 19.5. The molecule has 1 atom stereocenters. The molecule has 8 heteroatoms. The minimum absolute atomic E-state index is 0.374. The Hall–Kier alpha value is -2.92. The van der Waals surface area contributed by atoms with Gasteiger partial charge in [0.2, 0.25) is 0 Å². The van der Waals surface area contributed by atoms with E-state index >= 15 is 0 Å². The van der Waals surface area contributed by atoms with Crippen molar-refractivity contribution in [3.8, 4) is 6.07 Å². The fourth-order valence-corrected chi connectivity index (χ4v) is 4.38. The van der Waals surface area contributed by atoms with Crippen LogP contribution in [0.25, 0.3) is 16.8 Å². The number of rotatable bonds is 2. The summed E-state index contributed by atoms with van der Waals surface area (Å²) in [7, 11) is 0. The average molecular weight is 349 g/mol. The Bertz CT molecular complexity index is 1100. The molecule has 0 radical (unpaired) electrons. The summed E-state index contributed by atoms with van der Waals surface area (Å²) >= 11 is 1.46. The number of hydrogen-bond donors (Lipinski definition) is 1. The highest BCUT2D eigenvalue weighted by Gasteiger charge is 2.26. The van der Waals surface area contributed by atoms with Gasteiger partial charge in [-0.2, -0.15) is 5.26 Å². The molecule has 0 saturated carbocycles. The molecule has 0 aromatic carbocycles. The molecule has 1 saturated heterocycles. The minimum atomic E-state index is 0.374. The number of H-pyrrole nitrogens is 1. The Morgan fingerprint density at radius 1 is 1.24 bits per heavy atom. The lowest BCUT2D eigenvalue weighted by Crippen LogP contribution is -2.34. The summed E-state index contributed by atoms with van der Waals surface area (Å²) < 4.78 is 2.20. The maximum Gasteiger partial charge on any atom is 0.186 e. The summed E-state index contributed by atoms with van der Waals surface area (Å²) in [5.41, 5.74) is 4.02. The van der Waals surface area contributed by atoms with Gasteiger partial charge in [0.05, 0.1) is 17.9 Å². The van der Waals surface area contributed by atoms with Crippen LogP contribution < -0.4 is 4.90 Å². The molecule has 4 aromatic heterocycles. The maximum absolute atomic E-state index is 9.03. The van der Waals surface area contributed by atoms with Crippen LogP contribution in [-0.2, 0) is 0 Å². The van der Waals surface area contributed by atoms with Gasteiger partial charge in [0, 0.05) is 37.1 Å². The van der Waals surface area contributed by atoms with Gasteiger partial charge >= 0.3 is 0 Å². The highest BCUT2D eigenvalue weighted by atomic mass is 32.1. The molecule has 5 rings (SSSR count). The van der Waals surface area contributed by atoms with Crippen LogP contribution in [-0.4, -0.2) is 37.4 Å². The molecule has 0 amide bonds. The van der Waals surface area contributed by atoms with Gasteiger partial charge in [0.1, 0.15) is 10.9 Å². The molecule has 25 heavy (non-hydrogen) atoms. The van der Waals surface area contributed by atoms with Crippen LogP contribution in [0.2, 0.25) is 0 Å². The number of nitriles is 1. The molecule has 1 fully saturated rings. The zero-order valence-electron chi connectivity index (χ0n) is 13.4. The lowest BCUT2D eigenvalue weighted by Gasteiger charge is -2.32. The van der Waals surface area contributed by atoms with E-state index in [1.54, 1.807) is 6.20 Å². The first-order valence-electron chi connectivity index (χ1n) is 8.24. The van der Waals surface area contributed by atoms with Crippen molar-refractivity contribution < 1.29 is 0 Å². The number of aromatic nitrogens is 5. The van der Waals surface area contributed by atoms with E-state index < -0.39 is 0 Å². The van der Waals surface area contributed by atoms with Gasteiger partial charge in [-0.1, -0.05) is 11.3 Å². The Labute approximate surface area is 147 Å². The fourth-order valence-electron chi connectivity index (χ4n) is 3.64. The van der Waals surface area contributed by atoms with Crippen molar-refractivity contribution in [2.45, 2.75) is 18.8 Å². The normalized spacial score (nSPS) is 18.0. The Kier molecular flexibility index (Phi) is 3.21. The van der Waals surface area contributed by atoms with Crippen molar-refractivity contribution in [3.63, 3.8) is 0 Å². The van der Waals surface area contributed by atoms with Crippen molar-refractivity contribution in [1.82, 2.24) is 24.3 Å². The predicted molar refractivity (Wildman–Crippen MR) is 95.9 cm³/mol. The van der Waals surface area contributed by atoms with Gasteiger partial charge in [0.15, 0.2) is 16.4 Å². The van der Waals surface area contributed by atoms with Crippen LogP contribution in [0.5, 0.6) is 0 Å². The fraction of sp³-hybridized carbons (Fsp3) is 0.294. The van der Waals surface area contributed by atoms with Crippen LogP contribution in [0, 0.1) is 11.3 Å². The Morgan fingerprint density at radius 3 is 3.08 bits per heavy atom. The number of imidazole rings is 1. The highest BCUT2D eigenvalue weighted by Crippen LogP contribution is 2.33. The quantitative estimate of drug-likeness (QED) is 0.601. The van der Waals surface area contributed by atoms with Crippen LogP contribution in [0.1, 0.15) is 29.3 Å². The predicted octanol–water partition coefficient (Wildman–Crippen LogP) is 2.92. The van der Waals surface area contributed by atoms with Crippen molar-refractivity contribution in [1.29, 1.82) is 5.26 Å². The molecule has 124 valence electrons. The van der Waals surface area contributed by atoms with Gasteiger partial charge in [-0.05, 0) is 18.9 Å². The molecule has 1 aliphatic heterocycles. The number of anilines is 1. The lowest BCUT2D eigenvalue weighted by molar-refractivity contribution is 0.500. The molecule has 5 heterocycles. The standard InChI is InChI=1S/C17H15N7S/c18-6-12-7-22-17(25-12)23-5-1-2-11(10-23)14-8-20-15-9-21-16-13(24(14)15)3-4-19-16/h3-4,7-9,11,19H,1-2,5,10H2/t11-/m1/s1. The third-order valence-corrected chi connectivity index (χ3v) is 5.75. The number of fused-ring (bicyclic) bond motifs is 3. The molecule has 7 nitrogen and oxygen atoms in total. The summed E-state index contributed by atoms with van der Waals surface area (Å²) in [5, 5.41) is 9.97. The van der Waals surface area contributed by atoms with Crippen molar-refractivity contribution in [2.24, 2.45) is 0 Å². The lowest BCUT2D eigenvalue weighted by atomic mass is 9.95. The van der Waals surface area contributed by atoms with Crippen molar-refractivity contribution in [2.75, 3.05) is 18.0 Å².